The molecule has 0 aliphatic carbocycles. The van der Waals surface area contributed by atoms with Crippen LogP contribution in [0.4, 0.5) is 4.79 Å². The number of nitrogens with one attached hydrogen (secondary N) is 1. The monoisotopic (exact) mass is 259 g/mol. The number of aliphatic carboxylic acids is 1. The first-order chi connectivity index (χ1) is 8.19. The van der Waals surface area contributed by atoms with Gasteiger partial charge in [0, 0.05) is 6.42 Å². The molecule has 1 heterocycles. The summed E-state index contributed by atoms with van der Waals surface area (Å²) in [7, 11) is 0. The lowest BCUT2D eigenvalue weighted by Crippen LogP contribution is -2.52. The van der Waals surface area contributed by atoms with Crippen molar-refractivity contribution in [2.24, 2.45) is 0 Å². The molecule has 1 aliphatic heterocycles. The van der Waals surface area contributed by atoms with Gasteiger partial charge < -0.3 is 19.9 Å². The largest absolute Gasteiger partial charge is 0.478 e. The Kier molecular flexibility index (Phi) is 4.15. The highest BCUT2D eigenvalue weighted by Crippen LogP contribution is 2.16. The second-order valence-corrected chi connectivity index (χ2v) is 5.04. The maximum absolute atomic E-state index is 11.5. The molecule has 1 saturated heterocycles. The topological polar surface area (TPSA) is 102 Å². The molecule has 0 bridgehead atoms. The average molecular weight is 259 g/mol. The normalized spacial score (nSPS) is 24.1. The molecule has 0 radical (unpaired) electrons. The molecule has 0 spiro atoms. The summed E-state index contributed by atoms with van der Waals surface area (Å²) in [4.78, 5) is 33.4. The number of carbonyl (C=O) groups is 3. The van der Waals surface area contributed by atoms with Gasteiger partial charge in [-0.1, -0.05) is 0 Å². The number of hydrogen-bond donors (Lipinski definition) is 2. The van der Waals surface area contributed by atoms with Gasteiger partial charge >= 0.3 is 18.0 Å². The van der Waals surface area contributed by atoms with Gasteiger partial charge in [-0.2, -0.15) is 0 Å². The highest BCUT2D eigenvalue weighted by molar-refractivity contribution is 5.81. The van der Waals surface area contributed by atoms with E-state index in [1.165, 1.54) is 0 Å². The van der Waals surface area contributed by atoms with Gasteiger partial charge in [0.1, 0.15) is 5.60 Å². The van der Waals surface area contributed by atoms with E-state index in [1.54, 1.807) is 20.8 Å². The van der Waals surface area contributed by atoms with Crippen LogP contribution in [0.2, 0.25) is 0 Å². The lowest BCUT2D eigenvalue weighted by molar-refractivity contribution is -0.170. The third kappa shape index (κ3) is 4.23. The molecule has 2 atom stereocenters. The van der Waals surface area contributed by atoms with Crippen molar-refractivity contribution in [3.05, 3.63) is 0 Å². The zero-order chi connectivity index (χ0) is 13.9. The summed E-state index contributed by atoms with van der Waals surface area (Å²) in [5.74, 6) is -1.87. The number of carboxylic acid groups (broad SMARTS) is 1. The van der Waals surface area contributed by atoms with Crippen molar-refractivity contribution >= 4 is 18.0 Å². The van der Waals surface area contributed by atoms with Gasteiger partial charge in [0.25, 0.3) is 0 Å². The van der Waals surface area contributed by atoms with E-state index in [1.807, 2.05) is 0 Å². The number of alkyl carbamates (subject to hydrolysis) is 1. The number of hydrogen-bond acceptors (Lipinski definition) is 5. The van der Waals surface area contributed by atoms with Gasteiger partial charge in [-0.25, -0.2) is 9.59 Å². The molecule has 0 saturated carbocycles. The lowest BCUT2D eigenvalue weighted by Gasteiger charge is -2.29. The van der Waals surface area contributed by atoms with Crippen molar-refractivity contribution in [1.82, 2.24) is 5.32 Å². The average Bonchev–Trinajstić information content (AvgIpc) is 2.17. The van der Waals surface area contributed by atoms with Crippen molar-refractivity contribution in [3.63, 3.8) is 0 Å². The van der Waals surface area contributed by atoms with Gasteiger partial charge in [-0.15, -0.1) is 0 Å². The lowest BCUT2D eigenvalue weighted by atomic mass is 10.0. The summed E-state index contributed by atoms with van der Waals surface area (Å²) in [6.07, 6.45) is -1.80. The number of ether oxygens (including phenoxy) is 2. The molecule has 0 aromatic carbocycles. The second kappa shape index (κ2) is 5.24. The van der Waals surface area contributed by atoms with Crippen molar-refractivity contribution in [2.45, 2.75) is 51.4 Å². The first kappa shape index (κ1) is 14.3. The molecule has 7 heteroatoms. The molecule has 1 fully saturated rings. The van der Waals surface area contributed by atoms with E-state index in [4.69, 9.17) is 9.84 Å². The van der Waals surface area contributed by atoms with Crippen LogP contribution >= 0.6 is 0 Å². The smallest absolute Gasteiger partial charge is 0.408 e. The summed E-state index contributed by atoms with van der Waals surface area (Å²) in [6.45, 7) is 5.09. The SMILES string of the molecule is CC(C)(C)OC(=O)N[C@@H]1CCC(=O)O[C@H]1C(=O)O. The molecular formula is C11H17NO6. The first-order valence-corrected chi connectivity index (χ1v) is 5.61. The van der Waals surface area contributed by atoms with E-state index < -0.39 is 35.8 Å². The Hall–Kier alpha value is -1.79. The molecule has 2 N–H and O–H groups in total. The van der Waals surface area contributed by atoms with Crippen molar-refractivity contribution < 1.29 is 29.0 Å². The number of amides is 1. The van der Waals surface area contributed by atoms with Gasteiger partial charge in [0.2, 0.25) is 6.10 Å². The third-order valence-corrected chi connectivity index (χ3v) is 2.23. The van der Waals surface area contributed by atoms with Crippen molar-refractivity contribution in [3.8, 4) is 0 Å². The molecular weight excluding hydrogens is 242 g/mol. The molecule has 0 unspecified atom stereocenters. The fraction of sp³-hybridized carbons (Fsp3) is 0.727. The van der Waals surface area contributed by atoms with Crippen LogP contribution < -0.4 is 5.32 Å². The van der Waals surface area contributed by atoms with E-state index in [0.29, 0.717) is 0 Å². The van der Waals surface area contributed by atoms with Crippen LogP contribution in [0.1, 0.15) is 33.6 Å². The van der Waals surface area contributed by atoms with Crippen LogP contribution in [0.15, 0.2) is 0 Å². The first-order valence-electron chi connectivity index (χ1n) is 5.61. The number of rotatable bonds is 2. The molecule has 7 nitrogen and oxygen atoms in total. The van der Waals surface area contributed by atoms with Crippen LogP contribution in [-0.2, 0) is 19.1 Å². The summed E-state index contributed by atoms with van der Waals surface area (Å²) < 4.78 is 9.69. The van der Waals surface area contributed by atoms with Crippen LogP contribution in [0.3, 0.4) is 0 Å². The van der Waals surface area contributed by atoms with E-state index in [-0.39, 0.29) is 12.8 Å². The molecule has 1 rings (SSSR count). The van der Waals surface area contributed by atoms with Gasteiger partial charge in [0.15, 0.2) is 0 Å². The molecule has 1 aliphatic rings. The molecule has 1 amide bonds. The summed E-state index contributed by atoms with van der Waals surface area (Å²) >= 11 is 0. The Morgan fingerprint density at radius 2 is 2.06 bits per heavy atom. The van der Waals surface area contributed by atoms with Crippen molar-refractivity contribution in [2.75, 3.05) is 0 Å². The van der Waals surface area contributed by atoms with Crippen LogP contribution in [0, 0.1) is 0 Å². The van der Waals surface area contributed by atoms with Crippen LogP contribution in [-0.4, -0.2) is 40.9 Å². The predicted octanol–water partition coefficient (Wildman–Crippen LogP) is 0.670. The van der Waals surface area contributed by atoms with Crippen molar-refractivity contribution in [1.29, 1.82) is 0 Å². The zero-order valence-corrected chi connectivity index (χ0v) is 10.6. The van der Waals surface area contributed by atoms with E-state index in [0.717, 1.165) is 0 Å². The summed E-state index contributed by atoms with van der Waals surface area (Å²) in [5, 5.41) is 11.3. The maximum atomic E-state index is 11.5. The Labute approximate surface area is 104 Å². The molecule has 0 aromatic rings. The Bertz CT molecular complexity index is 359. The molecule has 102 valence electrons. The predicted molar refractivity (Wildman–Crippen MR) is 59.9 cm³/mol. The number of carbonyl (C=O) groups excluding carboxylic acids is 2. The maximum Gasteiger partial charge on any atom is 0.408 e. The summed E-state index contributed by atoms with van der Waals surface area (Å²) in [6, 6.07) is -0.768. The summed E-state index contributed by atoms with van der Waals surface area (Å²) in [5.41, 5.74) is -0.672. The van der Waals surface area contributed by atoms with E-state index in [9.17, 15) is 14.4 Å². The fourth-order valence-electron chi connectivity index (χ4n) is 1.54. The second-order valence-electron chi connectivity index (χ2n) is 5.04. The van der Waals surface area contributed by atoms with E-state index in [2.05, 4.69) is 10.1 Å². The minimum absolute atomic E-state index is 0.0737. The van der Waals surface area contributed by atoms with Crippen LogP contribution in [0.25, 0.3) is 0 Å². The highest BCUT2D eigenvalue weighted by atomic mass is 16.6. The van der Waals surface area contributed by atoms with Gasteiger partial charge in [-0.3, -0.25) is 4.79 Å². The van der Waals surface area contributed by atoms with Gasteiger partial charge in [-0.05, 0) is 27.2 Å². The minimum atomic E-state index is -1.36. The number of carboxylic acids is 1. The highest BCUT2D eigenvalue weighted by Gasteiger charge is 2.37. The Morgan fingerprint density at radius 3 is 2.56 bits per heavy atom. The zero-order valence-electron chi connectivity index (χ0n) is 10.6. The van der Waals surface area contributed by atoms with E-state index >= 15 is 0 Å². The third-order valence-electron chi connectivity index (χ3n) is 2.23. The number of cyclic esters (lactones) is 1. The minimum Gasteiger partial charge on any atom is -0.478 e. The van der Waals surface area contributed by atoms with Crippen LogP contribution in [0.5, 0.6) is 0 Å². The molecule has 0 aromatic heterocycles. The van der Waals surface area contributed by atoms with Gasteiger partial charge in [0.05, 0.1) is 6.04 Å². The number of esters is 1. The quantitative estimate of drug-likeness (QED) is 0.707. The Balaban J connectivity index is 2.61. The Morgan fingerprint density at radius 1 is 1.44 bits per heavy atom. The standard InChI is InChI=1S/C11H17NO6/c1-11(2,3)18-10(16)12-6-4-5-7(13)17-8(6)9(14)15/h6,8H,4-5H2,1-3H3,(H,12,16)(H,14,15)/t6-,8-/m1/s1. The molecule has 18 heavy (non-hydrogen) atoms. The fourth-order valence-corrected chi connectivity index (χ4v) is 1.54.